The highest BCUT2D eigenvalue weighted by Gasteiger charge is 2.33. The number of nitrogens with two attached hydrogens (primary N) is 1. The molecule has 31 heavy (non-hydrogen) atoms. The molecule has 0 aliphatic carbocycles. The molecule has 0 radical (unpaired) electrons. The number of rotatable bonds is 3. The summed E-state index contributed by atoms with van der Waals surface area (Å²) in [6.07, 6.45) is 6.25. The smallest absolute Gasteiger partial charge is 0.142 e. The zero-order valence-corrected chi connectivity index (χ0v) is 17.6. The second kappa shape index (κ2) is 7.18. The first-order valence-corrected chi connectivity index (χ1v) is 10.3. The van der Waals surface area contributed by atoms with Crippen LogP contribution >= 0.6 is 0 Å². The second-order valence-corrected chi connectivity index (χ2v) is 8.51. The van der Waals surface area contributed by atoms with Crippen LogP contribution in [-0.2, 0) is 0 Å². The highest BCUT2D eigenvalue weighted by Crippen LogP contribution is 2.41. The number of para-hydroxylation sites is 1. The van der Waals surface area contributed by atoms with E-state index in [1.165, 1.54) is 0 Å². The molecule has 1 fully saturated rings. The summed E-state index contributed by atoms with van der Waals surface area (Å²) < 4.78 is 0. The predicted octanol–water partition coefficient (Wildman–Crippen LogP) is 3.79. The number of hydrogen-bond acceptors (Lipinski definition) is 6. The lowest BCUT2D eigenvalue weighted by Gasteiger charge is -2.26. The Bertz CT molecular complexity index is 1330. The van der Waals surface area contributed by atoms with Crippen LogP contribution < -0.4 is 10.6 Å². The van der Waals surface area contributed by atoms with Crippen LogP contribution in [0.15, 0.2) is 48.9 Å². The highest BCUT2D eigenvalue weighted by atomic mass is 15.2. The molecule has 7 nitrogen and oxygen atoms in total. The summed E-state index contributed by atoms with van der Waals surface area (Å²) in [7, 11) is 0. The number of H-pyrrole nitrogens is 1. The molecule has 1 unspecified atom stereocenters. The van der Waals surface area contributed by atoms with Crippen molar-refractivity contribution in [1.29, 1.82) is 5.26 Å². The van der Waals surface area contributed by atoms with Crippen molar-refractivity contribution in [2.24, 2.45) is 5.73 Å². The number of aromatic amines is 1. The molecule has 1 saturated heterocycles. The van der Waals surface area contributed by atoms with E-state index in [0.717, 1.165) is 64.3 Å². The zero-order valence-electron chi connectivity index (χ0n) is 17.6. The van der Waals surface area contributed by atoms with Crippen LogP contribution in [0.2, 0.25) is 0 Å². The number of nitrogens with one attached hydrogen (secondary N) is 1. The van der Waals surface area contributed by atoms with E-state index in [1.54, 1.807) is 12.3 Å². The molecule has 0 amide bonds. The van der Waals surface area contributed by atoms with Gasteiger partial charge >= 0.3 is 0 Å². The van der Waals surface area contributed by atoms with Gasteiger partial charge in [0.1, 0.15) is 17.6 Å². The number of anilines is 1. The number of aromatic nitrogens is 4. The number of pyridine rings is 2. The summed E-state index contributed by atoms with van der Waals surface area (Å²) in [4.78, 5) is 19.3. The van der Waals surface area contributed by atoms with Gasteiger partial charge in [0.25, 0.3) is 0 Å². The Hall–Kier alpha value is -3.76. The van der Waals surface area contributed by atoms with E-state index in [4.69, 9.17) is 10.7 Å². The summed E-state index contributed by atoms with van der Waals surface area (Å²) in [6.45, 7) is 5.71. The molecule has 1 aliphatic heterocycles. The highest BCUT2D eigenvalue weighted by molar-refractivity contribution is 5.91. The van der Waals surface area contributed by atoms with Crippen LogP contribution in [0.3, 0.4) is 0 Å². The minimum atomic E-state index is -0.266. The fourth-order valence-electron chi connectivity index (χ4n) is 4.32. The standard InChI is InChI=1S/C24H23N7/c1-15-4-3-5-20-21(15)30-23(29-20)19-13-27-12-18(16-6-8-28-17(10-16)11-25)22(19)31-9-7-24(2,26)14-31/h3-6,8,10,12-13H,7,9,14,26H2,1-2H3,(H,29,30). The first-order valence-electron chi connectivity index (χ1n) is 10.3. The van der Waals surface area contributed by atoms with E-state index < -0.39 is 0 Å². The fourth-order valence-corrected chi connectivity index (χ4v) is 4.32. The van der Waals surface area contributed by atoms with Crippen molar-refractivity contribution in [2.75, 3.05) is 18.0 Å². The third-order valence-electron chi connectivity index (χ3n) is 5.89. The maximum absolute atomic E-state index is 9.33. The molecular formula is C24H23N7. The van der Waals surface area contributed by atoms with Crippen molar-refractivity contribution in [1.82, 2.24) is 19.9 Å². The van der Waals surface area contributed by atoms with E-state index in [-0.39, 0.29) is 5.54 Å². The van der Waals surface area contributed by atoms with Gasteiger partial charge in [-0.3, -0.25) is 4.98 Å². The van der Waals surface area contributed by atoms with Crippen LogP contribution in [0.1, 0.15) is 24.6 Å². The van der Waals surface area contributed by atoms with Crippen molar-refractivity contribution in [3.63, 3.8) is 0 Å². The van der Waals surface area contributed by atoms with Gasteiger partial charge in [0, 0.05) is 42.8 Å². The lowest BCUT2D eigenvalue weighted by Crippen LogP contribution is -2.39. The Morgan fingerprint density at radius 2 is 2.06 bits per heavy atom. The molecule has 0 bridgehead atoms. The average molecular weight is 409 g/mol. The van der Waals surface area contributed by atoms with E-state index in [9.17, 15) is 5.26 Å². The van der Waals surface area contributed by atoms with Crippen LogP contribution in [-0.4, -0.2) is 38.6 Å². The molecule has 4 heterocycles. The summed E-state index contributed by atoms with van der Waals surface area (Å²) in [5.41, 5.74) is 13.4. The van der Waals surface area contributed by atoms with Crippen molar-refractivity contribution < 1.29 is 0 Å². The van der Waals surface area contributed by atoms with Crippen molar-refractivity contribution in [2.45, 2.75) is 25.8 Å². The zero-order chi connectivity index (χ0) is 21.6. The minimum absolute atomic E-state index is 0.266. The maximum Gasteiger partial charge on any atom is 0.142 e. The summed E-state index contributed by atoms with van der Waals surface area (Å²) in [5.74, 6) is 0.772. The minimum Gasteiger partial charge on any atom is -0.368 e. The molecular weight excluding hydrogens is 386 g/mol. The normalized spacial score (nSPS) is 18.5. The summed E-state index contributed by atoms with van der Waals surface area (Å²) in [5, 5.41) is 9.33. The average Bonchev–Trinajstić information content (AvgIpc) is 3.37. The van der Waals surface area contributed by atoms with Gasteiger partial charge in [0.2, 0.25) is 0 Å². The molecule has 5 rings (SSSR count). The molecule has 1 aromatic carbocycles. The number of fused-ring (bicyclic) bond motifs is 1. The Morgan fingerprint density at radius 1 is 1.23 bits per heavy atom. The van der Waals surface area contributed by atoms with Crippen molar-refractivity contribution in [3.8, 4) is 28.6 Å². The number of nitriles is 1. The number of benzene rings is 1. The van der Waals surface area contributed by atoms with Gasteiger partial charge in [-0.05, 0) is 49.6 Å². The van der Waals surface area contributed by atoms with Crippen LogP contribution in [0.4, 0.5) is 5.69 Å². The number of hydrogen-bond donors (Lipinski definition) is 2. The molecule has 0 spiro atoms. The fraction of sp³-hybridized carbons (Fsp3) is 0.250. The predicted molar refractivity (Wildman–Crippen MR) is 121 cm³/mol. The molecule has 3 aromatic heterocycles. The van der Waals surface area contributed by atoms with Crippen LogP contribution in [0.25, 0.3) is 33.5 Å². The Morgan fingerprint density at radius 3 is 2.81 bits per heavy atom. The van der Waals surface area contributed by atoms with Gasteiger partial charge in [-0.2, -0.15) is 5.26 Å². The Kier molecular flexibility index (Phi) is 4.45. The van der Waals surface area contributed by atoms with Gasteiger partial charge in [-0.15, -0.1) is 0 Å². The maximum atomic E-state index is 9.33. The molecule has 7 heteroatoms. The molecule has 0 saturated carbocycles. The van der Waals surface area contributed by atoms with E-state index in [1.807, 2.05) is 30.6 Å². The third kappa shape index (κ3) is 3.41. The summed E-state index contributed by atoms with van der Waals surface area (Å²) >= 11 is 0. The molecule has 1 aliphatic rings. The topological polar surface area (TPSA) is 108 Å². The van der Waals surface area contributed by atoms with E-state index in [2.05, 4.69) is 45.8 Å². The lowest BCUT2D eigenvalue weighted by molar-refractivity contribution is 0.525. The lowest BCUT2D eigenvalue weighted by atomic mass is 10.0. The van der Waals surface area contributed by atoms with Crippen LogP contribution in [0.5, 0.6) is 0 Å². The van der Waals surface area contributed by atoms with E-state index in [0.29, 0.717) is 5.69 Å². The Labute approximate surface area is 180 Å². The van der Waals surface area contributed by atoms with Crippen LogP contribution in [0, 0.1) is 18.3 Å². The van der Waals surface area contributed by atoms with Gasteiger partial charge in [0.05, 0.1) is 22.3 Å². The molecule has 154 valence electrons. The summed E-state index contributed by atoms with van der Waals surface area (Å²) in [6, 6.07) is 11.9. The van der Waals surface area contributed by atoms with Crippen molar-refractivity contribution in [3.05, 3.63) is 60.2 Å². The monoisotopic (exact) mass is 409 g/mol. The molecule has 4 aromatic rings. The molecule has 1 atom stereocenters. The second-order valence-electron chi connectivity index (χ2n) is 8.51. The van der Waals surface area contributed by atoms with Gasteiger partial charge in [0.15, 0.2) is 0 Å². The number of aryl methyl sites for hydroxylation is 1. The van der Waals surface area contributed by atoms with Gasteiger partial charge in [-0.1, -0.05) is 12.1 Å². The first-order chi connectivity index (χ1) is 14.9. The Balaban J connectivity index is 1.74. The van der Waals surface area contributed by atoms with E-state index >= 15 is 0 Å². The largest absolute Gasteiger partial charge is 0.368 e. The first kappa shape index (κ1) is 19.2. The number of imidazole rings is 1. The molecule has 3 N–H and O–H groups in total. The van der Waals surface area contributed by atoms with Crippen molar-refractivity contribution >= 4 is 16.7 Å². The third-order valence-corrected chi connectivity index (χ3v) is 5.89. The quantitative estimate of drug-likeness (QED) is 0.533. The van der Waals surface area contributed by atoms with Gasteiger partial charge < -0.3 is 15.6 Å². The van der Waals surface area contributed by atoms with Gasteiger partial charge in [-0.25, -0.2) is 9.97 Å². The number of nitrogens with zero attached hydrogens (tertiary/aromatic N) is 5. The SMILES string of the molecule is Cc1cccc2[nH]c(-c3cncc(-c4ccnc(C#N)c4)c3N3CCC(C)(N)C3)nc12.